The number of aliphatic carboxylic acids is 1. The Hall–Kier alpha value is -2.13. The topological polar surface area (TPSA) is 37.3 Å². The van der Waals surface area contributed by atoms with Crippen molar-refractivity contribution in [2.24, 2.45) is 0 Å². The fourth-order valence-corrected chi connectivity index (χ4v) is 1.88. The van der Waals surface area contributed by atoms with E-state index in [0.29, 0.717) is 21.7 Å². The molecule has 0 aliphatic carbocycles. The molecule has 102 valence electrons. The minimum Gasteiger partial charge on any atom is -0.478 e. The van der Waals surface area contributed by atoms with Crippen LogP contribution in [0.4, 0.5) is 4.39 Å². The molecule has 0 unspecified atom stereocenters. The molecule has 0 aromatic heterocycles. The van der Waals surface area contributed by atoms with Gasteiger partial charge in [0.25, 0.3) is 0 Å². The van der Waals surface area contributed by atoms with E-state index in [4.69, 9.17) is 11.6 Å². The quantitative estimate of drug-likeness (QED) is 0.671. The minimum absolute atomic E-state index is 0.0335. The van der Waals surface area contributed by atoms with Gasteiger partial charge in [-0.3, -0.25) is 0 Å². The lowest BCUT2D eigenvalue weighted by Crippen LogP contribution is -2.00. The van der Waals surface area contributed by atoms with Crippen molar-refractivity contribution in [2.75, 3.05) is 0 Å². The van der Waals surface area contributed by atoms with Gasteiger partial charge in [-0.25, -0.2) is 9.18 Å². The Morgan fingerprint density at radius 3 is 2.40 bits per heavy atom. The van der Waals surface area contributed by atoms with Crippen LogP contribution >= 0.6 is 11.6 Å². The molecule has 0 spiro atoms. The van der Waals surface area contributed by atoms with Crippen molar-refractivity contribution < 1.29 is 14.3 Å². The molecular weight excluding hydrogens is 279 g/mol. The predicted octanol–water partition coefficient (Wildman–Crippen LogP) is 4.41. The Bertz CT molecular complexity index is 675. The maximum atomic E-state index is 13.6. The Morgan fingerprint density at radius 2 is 1.85 bits per heavy atom. The van der Waals surface area contributed by atoms with Gasteiger partial charge in [0.15, 0.2) is 0 Å². The van der Waals surface area contributed by atoms with E-state index in [-0.39, 0.29) is 5.57 Å². The van der Waals surface area contributed by atoms with Crippen molar-refractivity contribution in [3.8, 4) is 0 Å². The molecule has 2 aromatic carbocycles. The second-order valence-corrected chi connectivity index (χ2v) is 4.82. The molecule has 0 radical (unpaired) electrons. The third kappa shape index (κ3) is 3.25. The van der Waals surface area contributed by atoms with E-state index in [1.807, 2.05) is 0 Å². The van der Waals surface area contributed by atoms with Crippen molar-refractivity contribution in [1.29, 1.82) is 0 Å². The number of halogens is 2. The predicted molar refractivity (Wildman–Crippen MR) is 78.1 cm³/mol. The van der Waals surface area contributed by atoms with Gasteiger partial charge >= 0.3 is 5.97 Å². The molecule has 0 saturated carbocycles. The highest BCUT2D eigenvalue weighted by molar-refractivity contribution is 6.30. The van der Waals surface area contributed by atoms with Crippen LogP contribution in [0.1, 0.15) is 16.7 Å². The van der Waals surface area contributed by atoms with Crippen LogP contribution in [0.3, 0.4) is 0 Å². The first-order chi connectivity index (χ1) is 9.47. The summed E-state index contributed by atoms with van der Waals surface area (Å²) in [4.78, 5) is 11.4. The smallest absolute Gasteiger partial charge is 0.336 e. The van der Waals surface area contributed by atoms with Crippen LogP contribution in [-0.2, 0) is 4.79 Å². The van der Waals surface area contributed by atoms with Gasteiger partial charge in [-0.05, 0) is 47.9 Å². The summed E-state index contributed by atoms with van der Waals surface area (Å²) >= 11 is 5.78. The molecule has 0 amide bonds. The molecule has 2 aromatic rings. The normalized spacial score (nSPS) is 11.4. The van der Waals surface area contributed by atoms with Gasteiger partial charge in [0, 0.05) is 5.02 Å². The summed E-state index contributed by atoms with van der Waals surface area (Å²) in [5.74, 6) is -1.53. The van der Waals surface area contributed by atoms with Gasteiger partial charge < -0.3 is 5.11 Å². The van der Waals surface area contributed by atoms with E-state index >= 15 is 0 Å². The molecule has 2 nitrogen and oxygen atoms in total. The van der Waals surface area contributed by atoms with E-state index in [0.717, 1.165) is 0 Å². The highest BCUT2D eigenvalue weighted by atomic mass is 35.5. The molecule has 0 heterocycles. The van der Waals surface area contributed by atoms with E-state index in [9.17, 15) is 14.3 Å². The number of carboxylic acid groups (broad SMARTS) is 1. The number of rotatable bonds is 3. The van der Waals surface area contributed by atoms with Crippen LogP contribution in [0, 0.1) is 12.7 Å². The summed E-state index contributed by atoms with van der Waals surface area (Å²) in [7, 11) is 0. The van der Waals surface area contributed by atoms with Gasteiger partial charge in [0.05, 0.1) is 5.57 Å². The van der Waals surface area contributed by atoms with E-state index in [1.165, 1.54) is 12.1 Å². The maximum absolute atomic E-state index is 13.6. The molecule has 0 bridgehead atoms. The molecular formula is C16H12ClFO2. The third-order valence-electron chi connectivity index (χ3n) is 2.89. The first-order valence-electron chi connectivity index (χ1n) is 5.94. The van der Waals surface area contributed by atoms with Gasteiger partial charge in [-0.15, -0.1) is 0 Å². The van der Waals surface area contributed by atoms with E-state index < -0.39 is 11.8 Å². The Morgan fingerprint density at radius 1 is 1.20 bits per heavy atom. The first-order valence-corrected chi connectivity index (χ1v) is 6.32. The average Bonchev–Trinajstić information content (AvgIpc) is 2.41. The Kier molecular flexibility index (Phi) is 4.20. The van der Waals surface area contributed by atoms with Crippen molar-refractivity contribution in [3.63, 3.8) is 0 Å². The highest BCUT2D eigenvalue weighted by Crippen LogP contribution is 2.22. The first kappa shape index (κ1) is 14.3. The van der Waals surface area contributed by atoms with Gasteiger partial charge in [-0.1, -0.05) is 35.9 Å². The number of carbonyl (C=O) groups is 1. The number of hydrogen-bond acceptors (Lipinski definition) is 1. The van der Waals surface area contributed by atoms with Crippen molar-refractivity contribution in [2.45, 2.75) is 6.92 Å². The second-order valence-electron chi connectivity index (χ2n) is 4.38. The lowest BCUT2D eigenvalue weighted by atomic mass is 10.0. The van der Waals surface area contributed by atoms with Crippen LogP contribution in [-0.4, -0.2) is 11.1 Å². The lowest BCUT2D eigenvalue weighted by Gasteiger charge is -2.05. The van der Waals surface area contributed by atoms with Crippen LogP contribution in [0.15, 0.2) is 42.5 Å². The van der Waals surface area contributed by atoms with Crippen LogP contribution < -0.4 is 0 Å². The zero-order chi connectivity index (χ0) is 14.7. The molecule has 0 saturated heterocycles. The summed E-state index contributed by atoms with van der Waals surface area (Å²) < 4.78 is 13.6. The molecule has 2 rings (SSSR count). The van der Waals surface area contributed by atoms with Gasteiger partial charge in [0.2, 0.25) is 0 Å². The zero-order valence-corrected chi connectivity index (χ0v) is 11.5. The minimum atomic E-state index is -1.11. The summed E-state index contributed by atoms with van der Waals surface area (Å²) in [5.41, 5.74) is 1.53. The van der Waals surface area contributed by atoms with E-state index in [1.54, 1.807) is 43.3 Å². The van der Waals surface area contributed by atoms with Gasteiger partial charge in [-0.2, -0.15) is 0 Å². The monoisotopic (exact) mass is 290 g/mol. The molecule has 0 aliphatic rings. The molecule has 0 aliphatic heterocycles. The Balaban J connectivity index is 2.48. The highest BCUT2D eigenvalue weighted by Gasteiger charge is 2.12. The third-order valence-corrected chi connectivity index (χ3v) is 3.15. The second kappa shape index (κ2) is 5.88. The van der Waals surface area contributed by atoms with Crippen LogP contribution in [0.5, 0.6) is 0 Å². The van der Waals surface area contributed by atoms with Crippen molar-refractivity contribution in [3.05, 3.63) is 70.0 Å². The zero-order valence-electron chi connectivity index (χ0n) is 10.7. The fourth-order valence-electron chi connectivity index (χ4n) is 1.75. The van der Waals surface area contributed by atoms with E-state index in [2.05, 4.69) is 0 Å². The molecule has 20 heavy (non-hydrogen) atoms. The number of aryl methyl sites for hydroxylation is 1. The van der Waals surface area contributed by atoms with Crippen LogP contribution in [0.25, 0.3) is 11.6 Å². The lowest BCUT2D eigenvalue weighted by molar-refractivity contribution is -0.130. The molecule has 0 atom stereocenters. The summed E-state index contributed by atoms with van der Waals surface area (Å²) in [6.45, 7) is 1.63. The van der Waals surface area contributed by atoms with Crippen molar-refractivity contribution >= 4 is 29.2 Å². The average molecular weight is 291 g/mol. The fraction of sp³-hybridized carbons (Fsp3) is 0.0625. The standard InChI is InChI=1S/C16H12ClFO2/c1-10-2-5-12(9-15(10)18)14(16(19)20)8-11-3-6-13(17)7-4-11/h2-9H,1H3,(H,19,20)/b14-8-. The SMILES string of the molecule is Cc1ccc(/C(=C/c2ccc(Cl)cc2)C(=O)O)cc1F. The number of benzene rings is 2. The number of hydrogen-bond donors (Lipinski definition) is 1. The largest absolute Gasteiger partial charge is 0.478 e. The van der Waals surface area contributed by atoms with Gasteiger partial charge in [0.1, 0.15) is 5.82 Å². The summed E-state index contributed by atoms with van der Waals surface area (Å²) in [6.07, 6.45) is 1.49. The molecule has 0 fully saturated rings. The Labute approximate surface area is 121 Å². The molecule has 1 N–H and O–H groups in total. The van der Waals surface area contributed by atoms with Crippen molar-refractivity contribution in [1.82, 2.24) is 0 Å². The maximum Gasteiger partial charge on any atom is 0.336 e. The number of carboxylic acids is 1. The summed E-state index contributed by atoms with van der Waals surface area (Å²) in [5, 5.41) is 9.86. The van der Waals surface area contributed by atoms with Crippen LogP contribution in [0.2, 0.25) is 5.02 Å². The molecule has 4 heteroatoms. The summed E-state index contributed by atoms with van der Waals surface area (Å²) in [6, 6.07) is 11.1.